The normalized spacial score (nSPS) is 12.6. The van der Waals surface area contributed by atoms with Gasteiger partial charge in [-0.15, -0.1) is 0 Å². The lowest BCUT2D eigenvalue weighted by Gasteiger charge is -2.15. The minimum Gasteiger partial charge on any atom is -0.448 e. The predicted molar refractivity (Wildman–Crippen MR) is 116 cm³/mol. The van der Waals surface area contributed by atoms with Gasteiger partial charge in [-0.3, -0.25) is 10.1 Å². The van der Waals surface area contributed by atoms with Crippen LogP contribution in [0.1, 0.15) is 33.0 Å². The summed E-state index contributed by atoms with van der Waals surface area (Å²) in [6.45, 7) is 1.45. The number of halogens is 1. The summed E-state index contributed by atoms with van der Waals surface area (Å²) in [5.74, 6) is -0.557. The summed E-state index contributed by atoms with van der Waals surface area (Å²) in [6.07, 6.45) is -0.378. The topological polar surface area (TPSA) is 98.8 Å². The fourth-order valence-corrected chi connectivity index (χ4v) is 4.24. The molecule has 0 saturated heterocycles. The van der Waals surface area contributed by atoms with Gasteiger partial charge in [0.05, 0.1) is 0 Å². The van der Waals surface area contributed by atoms with Crippen LogP contribution in [0.25, 0.3) is 11.1 Å². The van der Waals surface area contributed by atoms with Crippen molar-refractivity contribution in [3.63, 3.8) is 0 Å². The molecule has 0 aliphatic heterocycles. The molecule has 164 valence electrons. The number of fused-ring (bicyclic) bond motifs is 3. The summed E-state index contributed by atoms with van der Waals surface area (Å²) in [5.41, 5.74) is 4.42. The minimum absolute atomic E-state index is 0.0218. The number of carbonyl (C=O) groups is 2. The van der Waals surface area contributed by atoms with Gasteiger partial charge in [0.2, 0.25) is 0 Å². The van der Waals surface area contributed by atoms with Crippen molar-refractivity contribution >= 4 is 28.6 Å². The molecule has 0 saturated carbocycles. The van der Waals surface area contributed by atoms with Crippen molar-refractivity contribution in [3.05, 3.63) is 82.9 Å². The van der Waals surface area contributed by atoms with Gasteiger partial charge >= 0.3 is 16.6 Å². The van der Waals surface area contributed by atoms with Gasteiger partial charge in [-0.25, -0.2) is 4.79 Å². The van der Waals surface area contributed by atoms with Gasteiger partial charge < -0.3 is 8.92 Å². The third-order valence-corrected chi connectivity index (χ3v) is 5.69. The maximum Gasteiger partial charge on any atom is 0.488 e. The number of hydrogen-bond donors (Lipinski definition) is 1. The molecule has 0 heterocycles. The molecule has 4 rings (SSSR count). The summed E-state index contributed by atoms with van der Waals surface area (Å²) < 4.78 is 44.4. The Balaban J connectivity index is 1.52. The van der Waals surface area contributed by atoms with Crippen molar-refractivity contribution in [2.24, 2.45) is 0 Å². The molecular formula is C23H18FNO6S. The molecule has 3 aromatic carbocycles. The van der Waals surface area contributed by atoms with Crippen molar-refractivity contribution in [1.29, 1.82) is 0 Å². The Morgan fingerprint density at radius 3 is 2.22 bits per heavy atom. The second-order valence-electron chi connectivity index (χ2n) is 7.23. The third-order valence-electron chi connectivity index (χ3n) is 5.31. The highest BCUT2D eigenvalue weighted by Crippen LogP contribution is 2.44. The molecule has 0 spiro atoms. The highest BCUT2D eigenvalue weighted by atomic mass is 32.3. The number of nitrogens with one attached hydrogen (secondary N) is 1. The van der Waals surface area contributed by atoms with E-state index in [1.807, 2.05) is 48.5 Å². The van der Waals surface area contributed by atoms with E-state index in [0.29, 0.717) is 6.29 Å². The summed E-state index contributed by atoms with van der Waals surface area (Å²) in [5, 5.41) is 2.42. The van der Waals surface area contributed by atoms with Crippen molar-refractivity contribution in [3.8, 4) is 16.9 Å². The Hall–Kier alpha value is -3.72. The van der Waals surface area contributed by atoms with E-state index in [1.165, 1.54) is 13.0 Å². The highest BCUT2D eigenvalue weighted by molar-refractivity contribution is 7.81. The number of hydrogen-bond acceptors (Lipinski definition) is 6. The smallest absolute Gasteiger partial charge is 0.448 e. The highest BCUT2D eigenvalue weighted by Gasteiger charge is 2.29. The van der Waals surface area contributed by atoms with Crippen molar-refractivity contribution in [2.45, 2.75) is 12.8 Å². The fourth-order valence-electron chi connectivity index (χ4n) is 3.85. The Labute approximate surface area is 184 Å². The number of rotatable bonds is 6. The summed E-state index contributed by atoms with van der Waals surface area (Å²) in [7, 11) is -5.31. The summed E-state index contributed by atoms with van der Waals surface area (Å²) in [6, 6.07) is 18.1. The van der Waals surface area contributed by atoms with E-state index in [1.54, 1.807) is 0 Å². The number of aldehydes is 1. The van der Waals surface area contributed by atoms with Crippen LogP contribution in [-0.4, -0.2) is 27.4 Å². The molecule has 1 N–H and O–H groups in total. The van der Waals surface area contributed by atoms with Crippen LogP contribution >= 0.6 is 0 Å². The zero-order chi connectivity index (χ0) is 22.9. The number of anilines is 1. The zero-order valence-corrected chi connectivity index (χ0v) is 17.7. The van der Waals surface area contributed by atoms with E-state index in [4.69, 9.17) is 4.74 Å². The lowest BCUT2D eigenvalue weighted by molar-refractivity contribution is 0.112. The van der Waals surface area contributed by atoms with E-state index < -0.39 is 22.3 Å². The Kier molecular flexibility index (Phi) is 5.67. The standard InChI is InChI=1S/C23H18FNO6S/c1-14-15(12-26)10-16(11-22(14)31-32(24,28)29)25-23(27)30-13-21-19-8-4-2-6-17(19)18-7-3-5-9-20(18)21/h2-12,21H,13H2,1H3,(H,25,27). The maximum atomic E-state index is 13.0. The molecule has 0 radical (unpaired) electrons. The van der Waals surface area contributed by atoms with E-state index in [0.717, 1.165) is 28.3 Å². The van der Waals surface area contributed by atoms with Crippen LogP contribution in [0.5, 0.6) is 5.75 Å². The van der Waals surface area contributed by atoms with Crippen LogP contribution in [0.3, 0.4) is 0 Å². The van der Waals surface area contributed by atoms with E-state index in [-0.39, 0.29) is 29.3 Å². The Morgan fingerprint density at radius 2 is 1.66 bits per heavy atom. The first kappa shape index (κ1) is 21.5. The second-order valence-corrected chi connectivity index (χ2v) is 8.19. The minimum atomic E-state index is -5.31. The quantitative estimate of drug-likeness (QED) is 0.425. The van der Waals surface area contributed by atoms with Crippen LogP contribution in [-0.2, 0) is 15.2 Å². The van der Waals surface area contributed by atoms with Crippen molar-refractivity contribution < 1.29 is 30.8 Å². The maximum absolute atomic E-state index is 13.0. The van der Waals surface area contributed by atoms with E-state index in [9.17, 15) is 21.9 Å². The Morgan fingerprint density at radius 1 is 1.06 bits per heavy atom. The SMILES string of the molecule is Cc1c(C=O)cc(NC(=O)OCC2c3ccccc3-c3ccccc32)cc1OS(=O)(=O)F. The number of amides is 1. The molecule has 0 atom stereocenters. The lowest BCUT2D eigenvalue weighted by Crippen LogP contribution is -2.18. The van der Waals surface area contributed by atoms with Crippen molar-refractivity contribution in [1.82, 2.24) is 0 Å². The lowest BCUT2D eigenvalue weighted by atomic mass is 9.98. The van der Waals surface area contributed by atoms with E-state index >= 15 is 0 Å². The molecule has 0 fully saturated rings. The van der Waals surface area contributed by atoms with Crippen LogP contribution in [0.15, 0.2) is 60.7 Å². The first-order chi connectivity index (χ1) is 15.3. The van der Waals surface area contributed by atoms with Crippen LogP contribution < -0.4 is 9.50 Å². The van der Waals surface area contributed by atoms with Gasteiger partial charge in [-0.05, 0) is 35.2 Å². The molecule has 7 nitrogen and oxygen atoms in total. The number of benzene rings is 3. The molecule has 32 heavy (non-hydrogen) atoms. The van der Waals surface area contributed by atoms with Gasteiger partial charge in [0.25, 0.3) is 0 Å². The second kappa shape index (κ2) is 8.43. The predicted octanol–water partition coefficient (Wildman–Crippen LogP) is 4.76. The van der Waals surface area contributed by atoms with Crippen LogP contribution in [0, 0.1) is 6.92 Å². The van der Waals surface area contributed by atoms with Crippen LogP contribution in [0.4, 0.5) is 14.4 Å². The monoisotopic (exact) mass is 455 g/mol. The van der Waals surface area contributed by atoms with E-state index in [2.05, 4.69) is 9.50 Å². The molecule has 1 aliphatic rings. The van der Waals surface area contributed by atoms with Crippen LogP contribution in [0.2, 0.25) is 0 Å². The first-order valence-corrected chi connectivity index (χ1v) is 10.9. The first-order valence-electron chi connectivity index (χ1n) is 9.62. The summed E-state index contributed by atoms with van der Waals surface area (Å²) >= 11 is 0. The van der Waals surface area contributed by atoms with Crippen molar-refractivity contribution in [2.75, 3.05) is 11.9 Å². The van der Waals surface area contributed by atoms with Gasteiger partial charge in [0, 0.05) is 28.8 Å². The van der Waals surface area contributed by atoms with Gasteiger partial charge in [-0.2, -0.15) is 8.42 Å². The molecule has 1 amide bonds. The third kappa shape index (κ3) is 4.33. The molecular weight excluding hydrogens is 437 g/mol. The fraction of sp³-hybridized carbons (Fsp3) is 0.130. The molecule has 9 heteroatoms. The summed E-state index contributed by atoms with van der Waals surface area (Å²) in [4.78, 5) is 23.7. The van der Waals surface area contributed by atoms with Gasteiger partial charge in [0.1, 0.15) is 6.61 Å². The zero-order valence-electron chi connectivity index (χ0n) is 16.9. The number of carbonyl (C=O) groups excluding carboxylic acids is 2. The molecule has 0 aromatic heterocycles. The Bertz CT molecular complexity index is 1280. The largest absolute Gasteiger partial charge is 0.488 e. The molecule has 0 bridgehead atoms. The van der Waals surface area contributed by atoms with Gasteiger partial charge in [0.15, 0.2) is 12.0 Å². The molecule has 0 unspecified atom stereocenters. The molecule has 1 aliphatic carbocycles. The number of ether oxygens (including phenoxy) is 1. The average molecular weight is 455 g/mol. The average Bonchev–Trinajstić information content (AvgIpc) is 3.07. The van der Waals surface area contributed by atoms with Gasteiger partial charge in [-0.1, -0.05) is 52.4 Å². The molecule has 3 aromatic rings.